The molecule has 0 bridgehead atoms. The van der Waals surface area contributed by atoms with Crippen LogP contribution >= 0.6 is 0 Å². The molecule has 5 heteroatoms. The SMILES string of the molecule is C=NC(=NC(=NCc1ccc2ccccc2c1)c1ccc2ccccc2c1)c1ccc(-c2ccc3oc4cc5ccccc5cc4c3c2)c2oc3ccccc3c12. The van der Waals surface area contributed by atoms with Crippen LogP contribution in [-0.2, 0) is 6.54 Å². The fourth-order valence-corrected chi connectivity index (χ4v) is 8.18. The summed E-state index contributed by atoms with van der Waals surface area (Å²) in [5.41, 5.74) is 8.04. The van der Waals surface area contributed by atoms with Gasteiger partial charge in [-0.05, 0) is 105 Å². The Morgan fingerprint density at radius 3 is 1.91 bits per heavy atom. The summed E-state index contributed by atoms with van der Waals surface area (Å²) in [6, 6.07) is 60.9. The van der Waals surface area contributed by atoms with E-state index in [0.717, 1.165) is 87.9 Å². The Morgan fingerprint density at radius 2 is 1.12 bits per heavy atom. The van der Waals surface area contributed by atoms with Gasteiger partial charge < -0.3 is 8.83 Å². The summed E-state index contributed by atoms with van der Waals surface area (Å²) in [6.45, 7) is 4.49. The van der Waals surface area contributed by atoms with Crippen molar-refractivity contribution in [3.05, 3.63) is 193 Å². The Kier molecular flexibility index (Phi) is 7.64. The van der Waals surface area contributed by atoms with Crippen LogP contribution in [0.25, 0.3) is 87.3 Å². The summed E-state index contributed by atoms with van der Waals surface area (Å²) in [5, 5.41) is 11.0. The van der Waals surface area contributed by atoms with Gasteiger partial charge in [-0.25, -0.2) is 9.98 Å². The summed E-state index contributed by atoms with van der Waals surface area (Å²) in [7, 11) is 0. The van der Waals surface area contributed by atoms with Crippen molar-refractivity contribution in [3.63, 3.8) is 0 Å². The number of benzene rings is 9. The monoisotopic (exact) mass is 731 g/mol. The standard InChI is InChI=1S/C52H33N3O2/c1-53-52(55-51(40-21-20-34-11-3-5-13-36(34)27-40)54-31-32-18-19-33-10-2-4-12-35(33)26-32)43-24-23-41(50-49(43)42-16-8-9-17-46(42)57-50)39-22-25-47-44(29-39)45-28-37-14-6-7-15-38(37)30-48(45)56-47/h2-30H,1,31H2. The van der Waals surface area contributed by atoms with E-state index in [1.54, 1.807) is 0 Å². The zero-order chi connectivity index (χ0) is 37.9. The van der Waals surface area contributed by atoms with Crippen molar-refractivity contribution in [1.82, 2.24) is 0 Å². The van der Waals surface area contributed by atoms with Crippen LogP contribution in [0.5, 0.6) is 0 Å². The fourth-order valence-electron chi connectivity index (χ4n) is 8.18. The van der Waals surface area contributed by atoms with Crippen molar-refractivity contribution in [2.45, 2.75) is 6.54 Å². The maximum atomic E-state index is 6.72. The molecule has 0 atom stereocenters. The Labute approximate surface area is 327 Å². The van der Waals surface area contributed by atoms with Crippen molar-refractivity contribution in [2.24, 2.45) is 15.0 Å². The molecule has 0 aliphatic heterocycles. The third-order valence-electron chi connectivity index (χ3n) is 11.0. The van der Waals surface area contributed by atoms with E-state index < -0.39 is 0 Å². The van der Waals surface area contributed by atoms with Gasteiger partial charge in [-0.3, -0.25) is 4.99 Å². The van der Waals surface area contributed by atoms with Gasteiger partial charge in [0.25, 0.3) is 0 Å². The van der Waals surface area contributed by atoms with Crippen LogP contribution < -0.4 is 0 Å². The number of nitrogens with zero attached hydrogens (tertiary/aromatic N) is 3. The average molecular weight is 732 g/mol. The van der Waals surface area contributed by atoms with E-state index >= 15 is 0 Å². The molecular formula is C52H33N3O2. The van der Waals surface area contributed by atoms with Crippen LogP contribution in [0.1, 0.15) is 16.7 Å². The van der Waals surface area contributed by atoms with Crippen molar-refractivity contribution < 1.29 is 8.83 Å². The number of rotatable bonds is 5. The third-order valence-corrected chi connectivity index (χ3v) is 11.0. The first-order valence-electron chi connectivity index (χ1n) is 19.0. The zero-order valence-electron chi connectivity index (χ0n) is 30.8. The Hall–Kier alpha value is -7.63. The van der Waals surface area contributed by atoms with Crippen molar-refractivity contribution >= 4 is 94.6 Å². The molecule has 57 heavy (non-hydrogen) atoms. The number of aliphatic imine (C=N–C) groups is 3. The van der Waals surface area contributed by atoms with E-state index in [9.17, 15) is 0 Å². The van der Waals surface area contributed by atoms with E-state index in [4.69, 9.17) is 18.8 Å². The predicted molar refractivity (Wildman–Crippen MR) is 238 cm³/mol. The Morgan fingerprint density at radius 1 is 0.474 bits per heavy atom. The molecule has 0 saturated carbocycles. The molecule has 0 radical (unpaired) electrons. The van der Waals surface area contributed by atoms with Crippen LogP contribution in [-0.4, -0.2) is 18.4 Å². The highest BCUT2D eigenvalue weighted by Crippen LogP contribution is 2.41. The Balaban J connectivity index is 1.08. The molecule has 268 valence electrons. The third kappa shape index (κ3) is 5.68. The quantitative estimate of drug-likeness (QED) is 0.131. The molecule has 0 fully saturated rings. The lowest BCUT2D eigenvalue weighted by Crippen LogP contribution is -2.06. The maximum absolute atomic E-state index is 6.72. The average Bonchev–Trinajstić information content (AvgIpc) is 3.83. The second-order valence-electron chi connectivity index (χ2n) is 14.4. The van der Waals surface area contributed by atoms with Gasteiger partial charge in [0.1, 0.15) is 22.3 Å². The van der Waals surface area contributed by atoms with Gasteiger partial charge in [-0.15, -0.1) is 0 Å². The molecular weight excluding hydrogens is 699 g/mol. The van der Waals surface area contributed by atoms with Crippen LogP contribution in [0.2, 0.25) is 0 Å². The number of amidine groups is 2. The molecule has 0 aliphatic rings. The van der Waals surface area contributed by atoms with Gasteiger partial charge in [0.2, 0.25) is 0 Å². The number of hydrogen-bond acceptors (Lipinski definition) is 3. The molecule has 11 aromatic rings. The van der Waals surface area contributed by atoms with Crippen molar-refractivity contribution in [2.75, 3.05) is 0 Å². The van der Waals surface area contributed by atoms with Crippen LogP contribution in [0, 0.1) is 0 Å². The van der Waals surface area contributed by atoms with Gasteiger partial charge in [-0.2, -0.15) is 0 Å². The van der Waals surface area contributed by atoms with Crippen LogP contribution in [0.4, 0.5) is 0 Å². The van der Waals surface area contributed by atoms with E-state index in [1.165, 1.54) is 16.2 Å². The molecule has 0 amide bonds. The first kappa shape index (κ1) is 32.8. The molecule has 0 unspecified atom stereocenters. The fraction of sp³-hybridized carbons (Fsp3) is 0.0192. The van der Waals surface area contributed by atoms with Gasteiger partial charge in [0, 0.05) is 38.2 Å². The van der Waals surface area contributed by atoms with Crippen molar-refractivity contribution in [3.8, 4) is 11.1 Å². The molecule has 5 nitrogen and oxygen atoms in total. The highest BCUT2D eigenvalue weighted by atomic mass is 16.3. The normalized spacial score (nSPS) is 12.6. The van der Waals surface area contributed by atoms with Gasteiger partial charge in [-0.1, -0.05) is 121 Å². The minimum atomic E-state index is 0.449. The second-order valence-corrected chi connectivity index (χ2v) is 14.4. The first-order chi connectivity index (χ1) is 28.2. The molecule has 9 aromatic carbocycles. The number of furan rings is 2. The Bertz CT molecular complexity index is 3480. The van der Waals surface area contributed by atoms with Crippen LogP contribution in [0.3, 0.4) is 0 Å². The van der Waals surface area contributed by atoms with E-state index in [0.29, 0.717) is 18.2 Å². The summed E-state index contributed by atoms with van der Waals surface area (Å²) in [6.07, 6.45) is 0. The summed E-state index contributed by atoms with van der Waals surface area (Å²) >= 11 is 0. The molecule has 0 N–H and O–H groups in total. The molecule has 0 aliphatic carbocycles. The molecule has 0 spiro atoms. The topological polar surface area (TPSA) is 63.4 Å². The first-order valence-corrected chi connectivity index (χ1v) is 19.0. The van der Waals surface area contributed by atoms with Crippen molar-refractivity contribution in [1.29, 1.82) is 0 Å². The molecule has 11 rings (SSSR count). The van der Waals surface area contributed by atoms with E-state index in [2.05, 4.69) is 169 Å². The predicted octanol–water partition coefficient (Wildman–Crippen LogP) is 13.7. The summed E-state index contributed by atoms with van der Waals surface area (Å²) in [4.78, 5) is 15.0. The second kappa shape index (κ2) is 13.3. The minimum Gasteiger partial charge on any atom is -0.456 e. The molecule has 0 saturated heterocycles. The summed E-state index contributed by atoms with van der Waals surface area (Å²) < 4.78 is 13.1. The smallest absolute Gasteiger partial charge is 0.161 e. The maximum Gasteiger partial charge on any atom is 0.161 e. The highest BCUT2D eigenvalue weighted by molar-refractivity contribution is 6.24. The van der Waals surface area contributed by atoms with E-state index in [1.807, 2.05) is 18.2 Å². The molecule has 2 heterocycles. The van der Waals surface area contributed by atoms with Crippen LogP contribution in [0.15, 0.2) is 200 Å². The highest BCUT2D eigenvalue weighted by Gasteiger charge is 2.20. The van der Waals surface area contributed by atoms with Gasteiger partial charge >= 0.3 is 0 Å². The summed E-state index contributed by atoms with van der Waals surface area (Å²) in [5.74, 6) is 1.04. The number of fused-ring (bicyclic) bond motifs is 9. The zero-order valence-corrected chi connectivity index (χ0v) is 30.8. The molecule has 2 aromatic heterocycles. The van der Waals surface area contributed by atoms with Gasteiger partial charge in [0.05, 0.1) is 6.54 Å². The van der Waals surface area contributed by atoms with E-state index in [-0.39, 0.29) is 0 Å². The van der Waals surface area contributed by atoms with Gasteiger partial charge in [0.15, 0.2) is 11.7 Å². The number of para-hydroxylation sites is 1. The lowest BCUT2D eigenvalue weighted by Gasteiger charge is -2.10. The largest absolute Gasteiger partial charge is 0.456 e. The lowest BCUT2D eigenvalue weighted by atomic mass is 9.96. The lowest BCUT2D eigenvalue weighted by molar-refractivity contribution is 0.668. The minimum absolute atomic E-state index is 0.449. The number of hydrogen-bond donors (Lipinski definition) is 0.